The van der Waals surface area contributed by atoms with Crippen LogP contribution in [0.5, 0.6) is 11.5 Å². The van der Waals surface area contributed by atoms with Crippen molar-refractivity contribution in [1.29, 1.82) is 0 Å². The van der Waals surface area contributed by atoms with Gasteiger partial charge in [-0.1, -0.05) is 24.9 Å². The molecule has 0 amide bonds. The molecule has 2 heterocycles. The quantitative estimate of drug-likeness (QED) is 0.447. The monoisotopic (exact) mass is 488 g/mol. The van der Waals surface area contributed by atoms with Crippen LogP contribution in [0.2, 0.25) is 5.02 Å². The van der Waals surface area contributed by atoms with Gasteiger partial charge in [0.05, 0.1) is 24.2 Å². The molecule has 2 atom stereocenters. The molecule has 0 saturated carbocycles. The van der Waals surface area contributed by atoms with Crippen molar-refractivity contribution >= 4 is 40.0 Å². The molecule has 0 bridgehead atoms. The van der Waals surface area contributed by atoms with Crippen LogP contribution in [0.3, 0.4) is 0 Å². The van der Waals surface area contributed by atoms with E-state index in [-0.39, 0.29) is 29.9 Å². The minimum Gasteiger partial charge on any atom is -0.493 e. The highest BCUT2D eigenvalue weighted by molar-refractivity contribution is 6.31. The Morgan fingerprint density at radius 3 is 2.82 bits per heavy atom. The van der Waals surface area contributed by atoms with E-state index in [0.717, 1.165) is 6.42 Å². The Morgan fingerprint density at radius 2 is 2.12 bits per heavy atom. The number of benzene rings is 2. The number of halogens is 2. The van der Waals surface area contributed by atoms with Crippen LogP contribution in [0, 0.1) is 5.82 Å². The van der Waals surface area contributed by atoms with Gasteiger partial charge in [0.1, 0.15) is 24.1 Å². The summed E-state index contributed by atoms with van der Waals surface area (Å²) in [5.74, 6) is 0.734. The van der Waals surface area contributed by atoms with Crippen molar-refractivity contribution in [3.63, 3.8) is 0 Å². The predicted octanol–water partition coefficient (Wildman–Crippen LogP) is 4.93. The van der Waals surface area contributed by atoms with E-state index in [1.54, 1.807) is 25.3 Å². The zero-order valence-electron chi connectivity index (χ0n) is 19.2. The van der Waals surface area contributed by atoms with Gasteiger partial charge in [-0.25, -0.2) is 14.4 Å². The van der Waals surface area contributed by atoms with Gasteiger partial charge in [-0.2, -0.15) is 0 Å². The number of rotatable bonds is 8. The predicted molar refractivity (Wildman–Crippen MR) is 127 cm³/mol. The summed E-state index contributed by atoms with van der Waals surface area (Å²) in [6, 6.07) is 7.91. The third-order valence-corrected chi connectivity index (χ3v) is 5.76. The van der Waals surface area contributed by atoms with Crippen molar-refractivity contribution in [3.8, 4) is 11.5 Å². The number of morpholine rings is 1. The fourth-order valence-corrected chi connectivity index (χ4v) is 4.09. The molecule has 1 aliphatic heterocycles. The first-order valence-corrected chi connectivity index (χ1v) is 11.4. The number of methoxy groups -OCH3 is 1. The van der Waals surface area contributed by atoms with Crippen LogP contribution in [0.15, 0.2) is 36.7 Å². The molecule has 1 aliphatic rings. The maximum atomic E-state index is 13.6. The molecule has 1 fully saturated rings. The minimum absolute atomic E-state index is 0.00532. The van der Waals surface area contributed by atoms with Gasteiger partial charge in [0.25, 0.3) is 0 Å². The summed E-state index contributed by atoms with van der Waals surface area (Å²) in [5, 5.41) is 3.85. The summed E-state index contributed by atoms with van der Waals surface area (Å²) < 4.78 is 30.8. The lowest BCUT2D eigenvalue weighted by Crippen LogP contribution is -2.51. The van der Waals surface area contributed by atoms with E-state index < -0.39 is 5.82 Å². The van der Waals surface area contributed by atoms with Crippen molar-refractivity contribution in [2.75, 3.05) is 25.5 Å². The number of cyclic esters (lactones) is 1. The van der Waals surface area contributed by atoms with Gasteiger partial charge in [0.15, 0.2) is 17.7 Å². The van der Waals surface area contributed by atoms with Crippen LogP contribution >= 0.6 is 11.6 Å². The van der Waals surface area contributed by atoms with Crippen LogP contribution in [-0.4, -0.2) is 53.4 Å². The van der Waals surface area contributed by atoms with Crippen molar-refractivity contribution in [1.82, 2.24) is 14.9 Å². The number of nitrogens with zero attached hydrogens (tertiary/aromatic N) is 3. The van der Waals surface area contributed by atoms with Crippen molar-refractivity contribution < 1.29 is 23.4 Å². The number of hydrogen-bond acceptors (Lipinski definition) is 8. The molecule has 0 radical (unpaired) electrons. The summed E-state index contributed by atoms with van der Waals surface area (Å²) in [6.45, 7) is 4.66. The van der Waals surface area contributed by atoms with Crippen molar-refractivity contribution in [3.05, 3.63) is 47.5 Å². The number of carbonyl (C=O) groups excluding carboxylic acids is 1. The van der Waals surface area contributed by atoms with Gasteiger partial charge in [-0.05, 0) is 37.6 Å². The van der Waals surface area contributed by atoms with Crippen LogP contribution < -0.4 is 14.8 Å². The van der Waals surface area contributed by atoms with E-state index in [4.69, 9.17) is 25.8 Å². The number of aromatic nitrogens is 2. The molecule has 2 aromatic carbocycles. The third kappa shape index (κ3) is 5.31. The normalized spacial score (nSPS) is 17.3. The number of hydrogen-bond donors (Lipinski definition) is 1. The lowest BCUT2D eigenvalue weighted by Gasteiger charge is -2.36. The Labute approximate surface area is 202 Å². The Morgan fingerprint density at radius 1 is 1.29 bits per heavy atom. The van der Waals surface area contributed by atoms with E-state index >= 15 is 0 Å². The molecule has 180 valence electrons. The van der Waals surface area contributed by atoms with Crippen molar-refractivity contribution in [2.45, 2.75) is 39.0 Å². The maximum Gasteiger partial charge on any atom is 0.320 e. The van der Waals surface area contributed by atoms with E-state index in [2.05, 4.69) is 22.2 Å². The molecule has 1 saturated heterocycles. The first-order valence-electron chi connectivity index (χ1n) is 11.0. The van der Waals surface area contributed by atoms with Gasteiger partial charge in [0, 0.05) is 23.7 Å². The van der Waals surface area contributed by atoms with Gasteiger partial charge in [0.2, 0.25) is 0 Å². The second kappa shape index (κ2) is 10.4. The number of anilines is 2. The van der Waals surface area contributed by atoms with Crippen molar-refractivity contribution in [2.24, 2.45) is 0 Å². The molecule has 0 aliphatic carbocycles. The first-order chi connectivity index (χ1) is 16.4. The van der Waals surface area contributed by atoms with E-state index in [0.29, 0.717) is 46.9 Å². The van der Waals surface area contributed by atoms with E-state index in [1.165, 1.54) is 18.5 Å². The summed E-state index contributed by atoms with van der Waals surface area (Å²) in [6.07, 6.45) is 2.45. The lowest BCUT2D eigenvalue weighted by atomic mass is 10.2. The van der Waals surface area contributed by atoms with Crippen LogP contribution in [0.1, 0.15) is 26.7 Å². The second-order valence-electron chi connectivity index (χ2n) is 8.09. The van der Waals surface area contributed by atoms with Gasteiger partial charge < -0.3 is 19.5 Å². The highest BCUT2D eigenvalue weighted by Gasteiger charge is 2.30. The van der Waals surface area contributed by atoms with Gasteiger partial charge in [-0.3, -0.25) is 9.69 Å². The number of esters is 1. The Bertz CT molecular complexity index is 1200. The summed E-state index contributed by atoms with van der Waals surface area (Å²) in [7, 11) is 1.56. The fourth-order valence-electron chi connectivity index (χ4n) is 3.91. The lowest BCUT2D eigenvalue weighted by molar-refractivity contribution is -0.163. The molecule has 1 aromatic heterocycles. The standard InChI is InChI=1S/C24H26ClFN4O4/c1-4-5-22(30-11-14(2)33-23(31)12-30)34-21-9-16-19(10-20(21)32-3)27-13-28-24(16)29-15-6-7-18(26)17(25)8-15/h6-10,13-14,22H,4-5,11-12H2,1-3H3,(H,27,28,29). The van der Waals surface area contributed by atoms with Crippen LogP contribution in [0.4, 0.5) is 15.9 Å². The molecule has 10 heteroatoms. The molecule has 8 nitrogen and oxygen atoms in total. The number of carbonyl (C=O) groups is 1. The minimum atomic E-state index is -0.502. The Balaban J connectivity index is 1.69. The number of ether oxygens (including phenoxy) is 3. The van der Waals surface area contributed by atoms with E-state index in [1.807, 2.05) is 11.8 Å². The largest absolute Gasteiger partial charge is 0.493 e. The summed E-state index contributed by atoms with van der Waals surface area (Å²) in [4.78, 5) is 22.7. The Kier molecular flexibility index (Phi) is 7.33. The molecular weight excluding hydrogens is 463 g/mol. The third-order valence-electron chi connectivity index (χ3n) is 5.47. The van der Waals surface area contributed by atoms with Crippen LogP contribution in [0.25, 0.3) is 10.9 Å². The highest BCUT2D eigenvalue weighted by atomic mass is 35.5. The Hall–Kier alpha value is -3.17. The maximum absolute atomic E-state index is 13.6. The SMILES string of the molecule is CCCC(Oc1cc2c(Nc3ccc(F)c(Cl)c3)ncnc2cc1OC)N1CC(=O)OC(C)C1. The number of fused-ring (bicyclic) bond motifs is 1. The van der Waals surface area contributed by atoms with E-state index in [9.17, 15) is 9.18 Å². The summed E-state index contributed by atoms with van der Waals surface area (Å²) >= 11 is 5.92. The first kappa shape index (κ1) is 24.0. The molecule has 3 aromatic rings. The second-order valence-corrected chi connectivity index (χ2v) is 8.49. The average Bonchev–Trinajstić information content (AvgIpc) is 2.80. The molecule has 34 heavy (non-hydrogen) atoms. The van der Waals surface area contributed by atoms with Gasteiger partial charge in [-0.15, -0.1) is 0 Å². The zero-order valence-corrected chi connectivity index (χ0v) is 19.9. The number of nitrogens with one attached hydrogen (secondary N) is 1. The highest BCUT2D eigenvalue weighted by Crippen LogP contribution is 2.36. The average molecular weight is 489 g/mol. The fraction of sp³-hybridized carbons (Fsp3) is 0.375. The smallest absolute Gasteiger partial charge is 0.320 e. The summed E-state index contributed by atoms with van der Waals surface area (Å²) in [5.41, 5.74) is 1.21. The topological polar surface area (TPSA) is 85.8 Å². The molecular formula is C24H26ClFN4O4. The molecule has 2 unspecified atom stereocenters. The van der Waals surface area contributed by atoms with Gasteiger partial charge >= 0.3 is 5.97 Å². The van der Waals surface area contributed by atoms with Crippen LogP contribution in [-0.2, 0) is 9.53 Å². The molecule has 1 N–H and O–H groups in total. The molecule has 0 spiro atoms. The molecule has 4 rings (SSSR count). The zero-order chi connectivity index (χ0) is 24.2.